The predicted molar refractivity (Wildman–Crippen MR) is 63.3 cm³/mol. The molecular weight excluding hydrogens is 222 g/mol. The van der Waals surface area contributed by atoms with E-state index in [1.54, 1.807) is 18.2 Å². The van der Waals surface area contributed by atoms with Gasteiger partial charge in [-0.05, 0) is 31.5 Å². The van der Waals surface area contributed by atoms with Crippen LogP contribution in [0, 0.1) is 0 Å². The van der Waals surface area contributed by atoms with E-state index < -0.39 is 12.1 Å². The molecule has 1 aromatic rings. The molecule has 3 N–H and O–H groups in total. The Morgan fingerprint density at radius 2 is 2.00 bits per heavy atom. The highest BCUT2D eigenvalue weighted by Gasteiger charge is 2.16. The summed E-state index contributed by atoms with van der Waals surface area (Å²) < 4.78 is 10.4. The van der Waals surface area contributed by atoms with E-state index in [4.69, 9.17) is 20.3 Å². The molecule has 5 heteroatoms. The SMILES string of the molecule is COc1cc([C@H](C)N)ccc1OC(C)C(=O)O. The molecule has 0 saturated heterocycles. The van der Waals surface area contributed by atoms with Gasteiger partial charge in [-0.25, -0.2) is 4.79 Å². The summed E-state index contributed by atoms with van der Waals surface area (Å²) in [6.45, 7) is 3.32. The number of nitrogens with two attached hydrogens (primary N) is 1. The van der Waals surface area contributed by atoms with E-state index in [9.17, 15) is 4.79 Å². The lowest BCUT2D eigenvalue weighted by atomic mass is 10.1. The van der Waals surface area contributed by atoms with Gasteiger partial charge in [0.25, 0.3) is 0 Å². The van der Waals surface area contributed by atoms with Crippen LogP contribution in [0.15, 0.2) is 18.2 Å². The highest BCUT2D eigenvalue weighted by atomic mass is 16.5. The van der Waals surface area contributed by atoms with Crippen molar-refractivity contribution in [3.05, 3.63) is 23.8 Å². The summed E-state index contributed by atoms with van der Waals surface area (Å²) in [5.74, 6) is -0.150. The fourth-order valence-electron chi connectivity index (χ4n) is 1.31. The van der Waals surface area contributed by atoms with Crippen molar-refractivity contribution in [3.8, 4) is 11.5 Å². The van der Waals surface area contributed by atoms with Gasteiger partial charge < -0.3 is 20.3 Å². The van der Waals surface area contributed by atoms with E-state index in [0.29, 0.717) is 11.5 Å². The Bertz CT molecular complexity index is 403. The standard InChI is InChI=1S/C12H17NO4/c1-7(13)9-4-5-10(11(6-9)16-3)17-8(2)12(14)15/h4-8H,13H2,1-3H3,(H,14,15)/t7-,8?/m0/s1. The van der Waals surface area contributed by atoms with E-state index in [2.05, 4.69) is 0 Å². The largest absolute Gasteiger partial charge is 0.493 e. The number of carbonyl (C=O) groups is 1. The number of carboxylic acids is 1. The van der Waals surface area contributed by atoms with Crippen molar-refractivity contribution in [1.29, 1.82) is 0 Å². The molecule has 0 saturated carbocycles. The molecule has 94 valence electrons. The fourth-order valence-corrected chi connectivity index (χ4v) is 1.31. The van der Waals surface area contributed by atoms with Crippen LogP contribution in [0.1, 0.15) is 25.5 Å². The van der Waals surface area contributed by atoms with Gasteiger partial charge in [0.2, 0.25) is 0 Å². The monoisotopic (exact) mass is 239 g/mol. The molecule has 0 aliphatic heterocycles. The number of carboxylic acid groups (broad SMARTS) is 1. The second-order valence-electron chi connectivity index (χ2n) is 3.80. The topological polar surface area (TPSA) is 81.8 Å². The Balaban J connectivity index is 2.96. The minimum absolute atomic E-state index is 0.116. The first-order valence-electron chi connectivity index (χ1n) is 5.28. The van der Waals surface area contributed by atoms with Crippen LogP contribution in [0.5, 0.6) is 11.5 Å². The summed E-state index contributed by atoms with van der Waals surface area (Å²) in [6, 6.07) is 5.08. The van der Waals surface area contributed by atoms with Crippen LogP contribution in [0.4, 0.5) is 0 Å². The van der Waals surface area contributed by atoms with E-state index in [1.807, 2.05) is 6.92 Å². The normalized spacial score (nSPS) is 13.9. The summed E-state index contributed by atoms with van der Waals surface area (Å²) in [5, 5.41) is 8.76. The highest BCUT2D eigenvalue weighted by molar-refractivity contribution is 5.72. The molecule has 0 amide bonds. The Morgan fingerprint density at radius 1 is 1.35 bits per heavy atom. The summed E-state index contributed by atoms with van der Waals surface area (Å²) in [7, 11) is 1.50. The molecule has 0 fully saturated rings. The van der Waals surface area contributed by atoms with Crippen LogP contribution in [0.25, 0.3) is 0 Å². The van der Waals surface area contributed by atoms with Gasteiger partial charge in [-0.2, -0.15) is 0 Å². The highest BCUT2D eigenvalue weighted by Crippen LogP contribution is 2.30. The summed E-state index contributed by atoms with van der Waals surface area (Å²) in [4.78, 5) is 10.7. The van der Waals surface area contributed by atoms with Gasteiger partial charge in [0.1, 0.15) is 0 Å². The Labute approximate surface area is 100 Å². The lowest BCUT2D eigenvalue weighted by Crippen LogP contribution is -2.23. The molecule has 0 heterocycles. The van der Waals surface area contributed by atoms with Crippen molar-refractivity contribution in [3.63, 3.8) is 0 Å². The molecule has 2 atom stereocenters. The maximum absolute atomic E-state index is 10.7. The van der Waals surface area contributed by atoms with Gasteiger partial charge in [0, 0.05) is 6.04 Å². The van der Waals surface area contributed by atoms with E-state index in [1.165, 1.54) is 14.0 Å². The third-order valence-electron chi connectivity index (χ3n) is 2.36. The Kier molecular flexibility index (Phi) is 4.34. The lowest BCUT2D eigenvalue weighted by Gasteiger charge is -2.15. The van der Waals surface area contributed by atoms with Gasteiger partial charge in [-0.1, -0.05) is 6.07 Å². The average molecular weight is 239 g/mol. The van der Waals surface area contributed by atoms with Gasteiger partial charge in [0.05, 0.1) is 7.11 Å². The quantitative estimate of drug-likeness (QED) is 0.815. The maximum atomic E-state index is 10.7. The average Bonchev–Trinajstić information content (AvgIpc) is 2.28. The van der Waals surface area contributed by atoms with Gasteiger partial charge in [-0.3, -0.25) is 0 Å². The number of rotatable bonds is 5. The first-order chi connectivity index (χ1) is 7.95. The van der Waals surface area contributed by atoms with Crippen LogP contribution in [0.2, 0.25) is 0 Å². The van der Waals surface area contributed by atoms with Crippen molar-refractivity contribution < 1.29 is 19.4 Å². The molecule has 0 aromatic heterocycles. The van der Waals surface area contributed by atoms with Crippen molar-refractivity contribution in [2.75, 3.05) is 7.11 Å². The third-order valence-corrected chi connectivity index (χ3v) is 2.36. The molecule has 1 aromatic carbocycles. The summed E-state index contributed by atoms with van der Waals surface area (Å²) in [6.07, 6.45) is -0.926. The maximum Gasteiger partial charge on any atom is 0.344 e. The molecule has 0 spiro atoms. The molecule has 1 rings (SSSR count). The zero-order valence-electron chi connectivity index (χ0n) is 10.1. The number of hydrogen-bond donors (Lipinski definition) is 2. The first kappa shape index (κ1) is 13.3. The van der Waals surface area contributed by atoms with Gasteiger partial charge in [-0.15, -0.1) is 0 Å². The Morgan fingerprint density at radius 3 is 2.47 bits per heavy atom. The fraction of sp³-hybridized carbons (Fsp3) is 0.417. The van der Waals surface area contributed by atoms with E-state index in [-0.39, 0.29) is 6.04 Å². The number of ether oxygens (including phenoxy) is 2. The third kappa shape index (κ3) is 3.35. The molecule has 0 aliphatic rings. The van der Waals surface area contributed by atoms with Crippen LogP contribution in [-0.2, 0) is 4.79 Å². The minimum Gasteiger partial charge on any atom is -0.493 e. The first-order valence-corrected chi connectivity index (χ1v) is 5.28. The van der Waals surface area contributed by atoms with E-state index in [0.717, 1.165) is 5.56 Å². The molecule has 5 nitrogen and oxygen atoms in total. The van der Waals surface area contributed by atoms with Crippen LogP contribution in [0.3, 0.4) is 0 Å². The van der Waals surface area contributed by atoms with Gasteiger partial charge in [0.15, 0.2) is 17.6 Å². The number of methoxy groups -OCH3 is 1. The second kappa shape index (κ2) is 5.54. The van der Waals surface area contributed by atoms with Crippen molar-refractivity contribution in [2.45, 2.75) is 26.0 Å². The zero-order chi connectivity index (χ0) is 13.0. The van der Waals surface area contributed by atoms with Crippen LogP contribution < -0.4 is 15.2 Å². The van der Waals surface area contributed by atoms with Crippen LogP contribution in [-0.4, -0.2) is 24.3 Å². The van der Waals surface area contributed by atoms with E-state index >= 15 is 0 Å². The lowest BCUT2D eigenvalue weighted by molar-refractivity contribution is -0.144. The number of benzene rings is 1. The van der Waals surface area contributed by atoms with Crippen LogP contribution >= 0.6 is 0 Å². The minimum atomic E-state index is -1.02. The second-order valence-corrected chi connectivity index (χ2v) is 3.80. The smallest absolute Gasteiger partial charge is 0.344 e. The molecule has 0 aliphatic carbocycles. The number of hydrogen-bond acceptors (Lipinski definition) is 4. The summed E-state index contributed by atoms with van der Waals surface area (Å²) >= 11 is 0. The van der Waals surface area contributed by atoms with Crippen molar-refractivity contribution in [2.24, 2.45) is 5.73 Å². The number of aliphatic carboxylic acids is 1. The van der Waals surface area contributed by atoms with Crippen molar-refractivity contribution >= 4 is 5.97 Å². The summed E-state index contributed by atoms with van der Waals surface area (Å²) in [5.41, 5.74) is 6.65. The molecule has 0 bridgehead atoms. The van der Waals surface area contributed by atoms with Gasteiger partial charge >= 0.3 is 5.97 Å². The van der Waals surface area contributed by atoms with Crippen molar-refractivity contribution in [1.82, 2.24) is 0 Å². The molecule has 1 unspecified atom stereocenters. The molecule has 0 radical (unpaired) electrons. The predicted octanol–water partition coefficient (Wildman–Crippen LogP) is 1.57. The molecule has 17 heavy (non-hydrogen) atoms. The zero-order valence-corrected chi connectivity index (χ0v) is 10.1. The Hall–Kier alpha value is -1.75. The molecular formula is C12H17NO4.